The molecular formula is C12H23N3. The molecule has 0 aromatic carbocycles. The summed E-state index contributed by atoms with van der Waals surface area (Å²) in [6, 6.07) is 0. The molecule has 0 spiro atoms. The van der Waals surface area contributed by atoms with Crippen LogP contribution >= 0.6 is 0 Å². The largest absolute Gasteiger partial charge is 0.359 e. The monoisotopic (exact) mass is 209 g/mol. The number of anilines is 1. The van der Waals surface area contributed by atoms with Gasteiger partial charge in [-0.2, -0.15) is 0 Å². The Bertz CT molecular complexity index is 305. The van der Waals surface area contributed by atoms with Crippen LogP contribution in [0.15, 0.2) is 0 Å². The van der Waals surface area contributed by atoms with Crippen LogP contribution in [0.2, 0.25) is 0 Å². The van der Waals surface area contributed by atoms with Crippen molar-refractivity contribution in [3.63, 3.8) is 0 Å². The van der Waals surface area contributed by atoms with E-state index in [9.17, 15) is 0 Å². The van der Waals surface area contributed by atoms with Crippen LogP contribution < -0.4 is 5.32 Å². The standard InChI is InChI=1S/C12H23N3/c1-11(2,3)8-9(12(4,5)6)15-10(13-7)14-8/h1-7H3,(H2,13,14,15). The van der Waals surface area contributed by atoms with Crippen molar-refractivity contribution in [2.45, 2.75) is 52.4 Å². The smallest absolute Gasteiger partial charge is 0.200 e. The fourth-order valence-corrected chi connectivity index (χ4v) is 1.58. The molecule has 0 atom stereocenters. The molecule has 1 aromatic rings. The Labute approximate surface area is 92.7 Å². The molecule has 1 rings (SSSR count). The molecule has 0 aliphatic carbocycles. The maximum Gasteiger partial charge on any atom is 0.200 e. The van der Waals surface area contributed by atoms with Crippen molar-refractivity contribution in [2.24, 2.45) is 0 Å². The average Bonchev–Trinajstić information content (AvgIpc) is 2.44. The molecule has 0 radical (unpaired) electrons. The van der Waals surface area contributed by atoms with Crippen molar-refractivity contribution in [1.82, 2.24) is 9.97 Å². The highest BCUT2D eigenvalue weighted by Crippen LogP contribution is 2.32. The molecule has 86 valence electrons. The molecule has 3 heteroatoms. The number of aromatic nitrogens is 2. The first kappa shape index (κ1) is 12.1. The van der Waals surface area contributed by atoms with Gasteiger partial charge in [-0.1, -0.05) is 41.5 Å². The van der Waals surface area contributed by atoms with Crippen molar-refractivity contribution in [1.29, 1.82) is 0 Å². The van der Waals surface area contributed by atoms with E-state index in [-0.39, 0.29) is 10.8 Å². The summed E-state index contributed by atoms with van der Waals surface area (Å²) in [6.07, 6.45) is 0. The lowest BCUT2D eigenvalue weighted by atomic mass is 9.82. The van der Waals surface area contributed by atoms with E-state index in [1.807, 2.05) is 7.05 Å². The SMILES string of the molecule is CNc1nc(C(C)(C)C)c(C(C)(C)C)[nH]1. The van der Waals surface area contributed by atoms with Crippen molar-refractivity contribution >= 4 is 5.95 Å². The predicted octanol–water partition coefficient (Wildman–Crippen LogP) is 3.05. The van der Waals surface area contributed by atoms with Crippen LogP contribution in [-0.2, 0) is 10.8 Å². The van der Waals surface area contributed by atoms with Crippen LogP contribution in [0.4, 0.5) is 5.95 Å². The van der Waals surface area contributed by atoms with Crippen LogP contribution in [0.25, 0.3) is 0 Å². The first-order valence-corrected chi connectivity index (χ1v) is 5.45. The molecule has 0 saturated heterocycles. The third-order valence-corrected chi connectivity index (χ3v) is 2.40. The van der Waals surface area contributed by atoms with E-state index in [0.29, 0.717) is 0 Å². The summed E-state index contributed by atoms with van der Waals surface area (Å²) in [4.78, 5) is 7.96. The molecular weight excluding hydrogens is 186 g/mol. The Kier molecular flexibility index (Phi) is 2.85. The lowest BCUT2D eigenvalue weighted by Crippen LogP contribution is -2.21. The van der Waals surface area contributed by atoms with Gasteiger partial charge in [0.05, 0.1) is 5.69 Å². The van der Waals surface area contributed by atoms with Gasteiger partial charge in [0.25, 0.3) is 0 Å². The van der Waals surface area contributed by atoms with Gasteiger partial charge in [0.1, 0.15) is 0 Å². The summed E-state index contributed by atoms with van der Waals surface area (Å²) < 4.78 is 0. The minimum Gasteiger partial charge on any atom is -0.359 e. The fraction of sp³-hybridized carbons (Fsp3) is 0.750. The van der Waals surface area contributed by atoms with Gasteiger partial charge in [0.15, 0.2) is 5.95 Å². The molecule has 0 bridgehead atoms. The summed E-state index contributed by atoms with van der Waals surface area (Å²) in [7, 11) is 1.89. The van der Waals surface area contributed by atoms with E-state index in [0.717, 1.165) is 11.6 Å². The van der Waals surface area contributed by atoms with E-state index in [1.165, 1.54) is 5.69 Å². The first-order chi connectivity index (χ1) is 6.66. The molecule has 3 nitrogen and oxygen atoms in total. The van der Waals surface area contributed by atoms with Crippen LogP contribution in [0.3, 0.4) is 0 Å². The van der Waals surface area contributed by atoms with Gasteiger partial charge in [0.2, 0.25) is 0 Å². The van der Waals surface area contributed by atoms with Gasteiger partial charge < -0.3 is 10.3 Å². The summed E-state index contributed by atoms with van der Waals surface area (Å²) in [5.74, 6) is 0.852. The molecule has 0 saturated carbocycles. The minimum atomic E-state index is 0.0776. The van der Waals surface area contributed by atoms with Crippen LogP contribution in [0, 0.1) is 0 Å². The van der Waals surface area contributed by atoms with Crippen LogP contribution in [-0.4, -0.2) is 17.0 Å². The van der Waals surface area contributed by atoms with Gasteiger partial charge in [-0.3, -0.25) is 0 Å². The molecule has 1 aromatic heterocycles. The van der Waals surface area contributed by atoms with Gasteiger partial charge in [-0.25, -0.2) is 4.98 Å². The Morgan fingerprint density at radius 2 is 1.53 bits per heavy atom. The van der Waals surface area contributed by atoms with Gasteiger partial charge in [0, 0.05) is 23.6 Å². The number of nitrogens with one attached hydrogen (secondary N) is 2. The van der Waals surface area contributed by atoms with Gasteiger partial charge in [-0.05, 0) is 0 Å². The zero-order valence-corrected chi connectivity index (χ0v) is 10.9. The highest BCUT2D eigenvalue weighted by atomic mass is 15.1. The fourth-order valence-electron chi connectivity index (χ4n) is 1.58. The normalized spacial score (nSPS) is 13.0. The Morgan fingerprint density at radius 3 is 1.80 bits per heavy atom. The molecule has 0 aliphatic rings. The second-order valence-electron chi connectivity index (χ2n) is 6.06. The zero-order chi connectivity index (χ0) is 11.9. The second kappa shape index (κ2) is 3.54. The lowest BCUT2D eigenvalue weighted by molar-refractivity contribution is 0.512. The Hall–Kier alpha value is -0.990. The number of rotatable bonds is 1. The summed E-state index contributed by atoms with van der Waals surface area (Å²) in [5, 5.41) is 3.07. The second-order valence-corrected chi connectivity index (χ2v) is 6.06. The maximum absolute atomic E-state index is 4.60. The summed E-state index contributed by atoms with van der Waals surface area (Å²) in [5.41, 5.74) is 2.55. The number of hydrogen-bond donors (Lipinski definition) is 2. The molecule has 1 heterocycles. The first-order valence-electron chi connectivity index (χ1n) is 5.45. The van der Waals surface area contributed by atoms with E-state index in [2.05, 4.69) is 56.8 Å². The number of nitrogens with zero attached hydrogens (tertiary/aromatic N) is 1. The minimum absolute atomic E-state index is 0.0776. The van der Waals surface area contributed by atoms with Gasteiger partial charge in [-0.15, -0.1) is 0 Å². The van der Waals surface area contributed by atoms with E-state index in [4.69, 9.17) is 0 Å². The molecule has 0 aliphatic heterocycles. The number of aromatic amines is 1. The third kappa shape index (κ3) is 2.52. The Morgan fingerprint density at radius 1 is 1.00 bits per heavy atom. The molecule has 0 amide bonds. The van der Waals surface area contributed by atoms with Crippen molar-refractivity contribution < 1.29 is 0 Å². The quantitative estimate of drug-likeness (QED) is 0.746. The summed E-state index contributed by atoms with van der Waals surface area (Å²) in [6.45, 7) is 13.2. The lowest BCUT2D eigenvalue weighted by Gasteiger charge is -2.24. The maximum atomic E-state index is 4.60. The Balaban J connectivity index is 3.31. The zero-order valence-electron chi connectivity index (χ0n) is 10.9. The molecule has 0 unspecified atom stereocenters. The predicted molar refractivity (Wildman–Crippen MR) is 65.5 cm³/mol. The van der Waals surface area contributed by atoms with E-state index < -0.39 is 0 Å². The molecule has 15 heavy (non-hydrogen) atoms. The van der Waals surface area contributed by atoms with E-state index in [1.54, 1.807) is 0 Å². The van der Waals surface area contributed by atoms with Crippen LogP contribution in [0.5, 0.6) is 0 Å². The average molecular weight is 209 g/mol. The number of imidazole rings is 1. The molecule has 2 N–H and O–H groups in total. The number of hydrogen-bond acceptors (Lipinski definition) is 2. The van der Waals surface area contributed by atoms with Crippen molar-refractivity contribution in [3.05, 3.63) is 11.4 Å². The topological polar surface area (TPSA) is 40.7 Å². The summed E-state index contributed by atoms with van der Waals surface area (Å²) >= 11 is 0. The third-order valence-electron chi connectivity index (χ3n) is 2.40. The molecule has 0 fully saturated rings. The number of H-pyrrole nitrogens is 1. The van der Waals surface area contributed by atoms with Crippen molar-refractivity contribution in [3.8, 4) is 0 Å². The van der Waals surface area contributed by atoms with Gasteiger partial charge >= 0.3 is 0 Å². The highest BCUT2D eigenvalue weighted by molar-refractivity contribution is 5.37. The highest BCUT2D eigenvalue weighted by Gasteiger charge is 2.28. The van der Waals surface area contributed by atoms with Crippen LogP contribution in [0.1, 0.15) is 52.9 Å². The van der Waals surface area contributed by atoms with Crippen molar-refractivity contribution in [2.75, 3.05) is 12.4 Å². The van der Waals surface area contributed by atoms with E-state index >= 15 is 0 Å².